The number of sulfonamides is 1. The number of anilines is 1. The normalized spacial score (nSPS) is 11.3. The summed E-state index contributed by atoms with van der Waals surface area (Å²) in [6.07, 6.45) is 1.64. The molecule has 1 aromatic heterocycles. The molecule has 0 saturated heterocycles. The lowest BCUT2D eigenvalue weighted by atomic mass is 10.1. The van der Waals surface area contributed by atoms with Gasteiger partial charge in [0.1, 0.15) is 11.5 Å². The van der Waals surface area contributed by atoms with Gasteiger partial charge >= 0.3 is 0 Å². The van der Waals surface area contributed by atoms with Crippen LogP contribution in [0.1, 0.15) is 5.56 Å². The van der Waals surface area contributed by atoms with E-state index < -0.39 is 10.0 Å². The number of nitrogens with zero attached hydrogens (tertiary/aromatic N) is 1. The van der Waals surface area contributed by atoms with Gasteiger partial charge in [0.2, 0.25) is 0 Å². The van der Waals surface area contributed by atoms with Gasteiger partial charge < -0.3 is 14.2 Å². The highest BCUT2D eigenvalue weighted by molar-refractivity contribution is 9.10. The van der Waals surface area contributed by atoms with E-state index in [1.54, 1.807) is 69.8 Å². The highest BCUT2D eigenvalue weighted by Crippen LogP contribution is 2.37. The van der Waals surface area contributed by atoms with Crippen LogP contribution >= 0.6 is 27.5 Å². The van der Waals surface area contributed by atoms with Gasteiger partial charge in [-0.3, -0.25) is 9.71 Å². The molecule has 7 nitrogen and oxygen atoms in total. The summed E-state index contributed by atoms with van der Waals surface area (Å²) in [7, 11) is -0.695. The molecule has 0 aliphatic rings. The van der Waals surface area contributed by atoms with Crippen molar-refractivity contribution in [2.75, 3.05) is 18.9 Å². The summed E-state index contributed by atoms with van der Waals surface area (Å²) in [5.74, 6) is 2.23. The quantitative estimate of drug-likeness (QED) is 0.274. The van der Waals surface area contributed by atoms with Gasteiger partial charge in [-0.05, 0) is 76.9 Å². The zero-order valence-electron chi connectivity index (χ0n) is 18.4. The van der Waals surface area contributed by atoms with Crippen LogP contribution in [0.3, 0.4) is 0 Å². The lowest BCUT2D eigenvalue weighted by Gasteiger charge is -2.14. The van der Waals surface area contributed by atoms with Crippen molar-refractivity contribution >= 4 is 54.1 Å². The summed E-state index contributed by atoms with van der Waals surface area (Å²) in [6, 6.07) is 14.9. The standard InChI is InChI=1S/C24H20BrClN2O5S/c1-14-10-15(4-7-20(14)28-34(29,30)16-5-6-18(25)19(26)11-16)33-22-8-9-27-21-13-24(32-3)23(31-2)12-17(21)22/h4-13,28H,1-3H3. The molecule has 4 aromatic rings. The number of ether oxygens (including phenoxy) is 3. The number of hydrogen-bond acceptors (Lipinski definition) is 6. The maximum absolute atomic E-state index is 12.8. The number of pyridine rings is 1. The van der Waals surface area contributed by atoms with E-state index in [-0.39, 0.29) is 4.90 Å². The second kappa shape index (κ2) is 9.69. The molecule has 4 rings (SSSR count). The fourth-order valence-electron chi connectivity index (χ4n) is 3.33. The molecule has 34 heavy (non-hydrogen) atoms. The van der Waals surface area contributed by atoms with Crippen LogP contribution in [0, 0.1) is 6.92 Å². The Morgan fingerprint density at radius 3 is 2.35 bits per heavy atom. The zero-order chi connectivity index (χ0) is 24.5. The van der Waals surface area contributed by atoms with Gasteiger partial charge in [-0.25, -0.2) is 8.42 Å². The number of methoxy groups -OCH3 is 2. The first-order valence-electron chi connectivity index (χ1n) is 9.99. The molecule has 0 fully saturated rings. The van der Waals surface area contributed by atoms with Crippen molar-refractivity contribution in [1.29, 1.82) is 0 Å². The molecule has 0 aliphatic carbocycles. The van der Waals surface area contributed by atoms with Crippen LogP contribution in [0.5, 0.6) is 23.0 Å². The molecular formula is C24H20BrClN2O5S. The third-order valence-electron chi connectivity index (χ3n) is 5.08. The lowest BCUT2D eigenvalue weighted by Crippen LogP contribution is -2.13. The van der Waals surface area contributed by atoms with Crippen LogP contribution in [-0.2, 0) is 10.0 Å². The number of nitrogens with one attached hydrogen (secondary N) is 1. The maximum Gasteiger partial charge on any atom is 0.261 e. The molecule has 0 atom stereocenters. The summed E-state index contributed by atoms with van der Waals surface area (Å²) in [5, 5.41) is 1.05. The Labute approximate surface area is 210 Å². The van der Waals surface area contributed by atoms with E-state index in [1.165, 1.54) is 12.1 Å². The van der Waals surface area contributed by atoms with Gasteiger partial charge in [-0.1, -0.05) is 11.6 Å². The lowest BCUT2D eigenvalue weighted by molar-refractivity contribution is 0.355. The molecule has 0 aliphatic heterocycles. The average Bonchev–Trinajstić information content (AvgIpc) is 2.81. The highest BCUT2D eigenvalue weighted by atomic mass is 79.9. The molecule has 0 radical (unpaired) electrons. The third-order valence-corrected chi connectivity index (χ3v) is 7.67. The van der Waals surface area contributed by atoms with Crippen molar-refractivity contribution in [2.24, 2.45) is 0 Å². The second-order valence-electron chi connectivity index (χ2n) is 7.29. The Hall–Kier alpha value is -3.01. The Bertz CT molecular complexity index is 1490. The van der Waals surface area contributed by atoms with Crippen LogP contribution in [-0.4, -0.2) is 27.6 Å². The van der Waals surface area contributed by atoms with Crippen LogP contribution in [0.25, 0.3) is 10.9 Å². The van der Waals surface area contributed by atoms with Crippen LogP contribution in [0.15, 0.2) is 70.2 Å². The smallest absolute Gasteiger partial charge is 0.261 e. The number of rotatable bonds is 7. The first-order valence-corrected chi connectivity index (χ1v) is 12.6. The summed E-state index contributed by atoms with van der Waals surface area (Å²) in [5.41, 5.74) is 1.80. The predicted molar refractivity (Wildman–Crippen MR) is 136 cm³/mol. The first kappa shape index (κ1) is 24.1. The molecular weight excluding hydrogens is 544 g/mol. The number of aryl methyl sites for hydroxylation is 1. The molecule has 3 aromatic carbocycles. The molecule has 0 amide bonds. The number of hydrogen-bond donors (Lipinski definition) is 1. The second-order valence-corrected chi connectivity index (χ2v) is 10.2. The van der Waals surface area contributed by atoms with Crippen molar-refractivity contribution < 1.29 is 22.6 Å². The maximum atomic E-state index is 12.8. The van der Waals surface area contributed by atoms with E-state index in [2.05, 4.69) is 25.6 Å². The largest absolute Gasteiger partial charge is 0.493 e. The number of benzene rings is 3. The average molecular weight is 564 g/mol. The number of fused-ring (bicyclic) bond motifs is 1. The van der Waals surface area contributed by atoms with E-state index in [1.807, 2.05) is 0 Å². The van der Waals surface area contributed by atoms with Gasteiger partial charge in [-0.15, -0.1) is 0 Å². The van der Waals surface area contributed by atoms with Gasteiger partial charge in [-0.2, -0.15) is 0 Å². The van der Waals surface area contributed by atoms with Crippen LogP contribution < -0.4 is 18.9 Å². The SMILES string of the molecule is COc1cc2nccc(Oc3ccc(NS(=O)(=O)c4ccc(Br)c(Cl)c4)c(C)c3)c2cc1OC. The van der Waals surface area contributed by atoms with Crippen molar-refractivity contribution in [3.8, 4) is 23.0 Å². The van der Waals surface area contributed by atoms with Crippen molar-refractivity contribution in [3.05, 3.63) is 75.9 Å². The van der Waals surface area contributed by atoms with Gasteiger partial charge in [0.15, 0.2) is 11.5 Å². The Morgan fingerprint density at radius 2 is 1.68 bits per heavy atom. The highest BCUT2D eigenvalue weighted by Gasteiger charge is 2.17. The van der Waals surface area contributed by atoms with E-state index in [9.17, 15) is 8.42 Å². The van der Waals surface area contributed by atoms with Gasteiger partial charge in [0.25, 0.3) is 10.0 Å². The van der Waals surface area contributed by atoms with E-state index in [4.69, 9.17) is 25.8 Å². The van der Waals surface area contributed by atoms with Crippen molar-refractivity contribution in [2.45, 2.75) is 11.8 Å². The topological polar surface area (TPSA) is 86.8 Å². The molecule has 176 valence electrons. The minimum atomic E-state index is -3.82. The minimum absolute atomic E-state index is 0.0630. The fraction of sp³-hybridized carbons (Fsp3) is 0.125. The molecule has 0 bridgehead atoms. The predicted octanol–water partition coefficient (Wildman–Crippen LogP) is 6.57. The van der Waals surface area contributed by atoms with E-state index in [0.29, 0.717) is 49.3 Å². The van der Waals surface area contributed by atoms with Crippen LogP contribution in [0.2, 0.25) is 5.02 Å². The number of aromatic nitrogens is 1. The molecule has 0 saturated carbocycles. The van der Waals surface area contributed by atoms with Crippen LogP contribution in [0.4, 0.5) is 5.69 Å². The van der Waals surface area contributed by atoms with Crippen molar-refractivity contribution in [3.63, 3.8) is 0 Å². The summed E-state index contributed by atoms with van der Waals surface area (Å²) >= 11 is 9.32. The zero-order valence-corrected chi connectivity index (χ0v) is 21.6. The molecule has 0 spiro atoms. The summed E-state index contributed by atoms with van der Waals surface area (Å²) < 4.78 is 45.7. The Kier molecular flexibility index (Phi) is 6.88. The fourth-order valence-corrected chi connectivity index (χ4v) is 4.97. The number of halogens is 2. The molecule has 10 heteroatoms. The van der Waals surface area contributed by atoms with Crippen molar-refractivity contribution in [1.82, 2.24) is 4.98 Å². The third kappa shape index (κ3) is 4.91. The van der Waals surface area contributed by atoms with Gasteiger partial charge in [0, 0.05) is 22.1 Å². The monoisotopic (exact) mass is 562 g/mol. The van der Waals surface area contributed by atoms with Gasteiger partial charge in [0.05, 0.1) is 35.3 Å². The first-order chi connectivity index (χ1) is 16.2. The molecule has 0 unspecified atom stereocenters. The Morgan fingerprint density at radius 1 is 0.941 bits per heavy atom. The molecule has 1 N–H and O–H groups in total. The van der Waals surface area contributed by atoms with E-state index >= 15 is 0 Å². The summed E-state index contributed by atoms with van der Waals surface area (Å²) in [6.45, 7) is 1.79. The van der Waals surface area contributed by atoms with E-state index in [0.717, 1.165) is 5.39 Å². The Balaban J connectivity index is 1.62. The molecule has 1 heterocycles. The minimum Gasteiger partial charge on any atom is -0.493 e. The summed E-state index contributed by atoms with van der Waals surface area (Å²) in [4.78, 5) is 4.44.